The molecule has 2 rings (SSSR count). The van der Waals surface area contributed by atoms with E-state index in [0.29, 0.717) is 18.5 Å². The van der Waals surface area contributed by atoms with Gasteiger partial charge in [-0.05, 0) is 18.9 Å². The topological polar surface area (TPSA) is 55.5 Å². The Balaban J connectivity index is 2.57. The van der Waals surface area contributed by atoms with E-state index in [9.17, 15) is 18.0 Å². The Hall–Kier alpha value is -1.59. The number of rotatable bonds is 0. The molecule has 6 heteroatoms. The first-order chi connectivity index (χ1) is 7.38. The molecule has 16 heavy (non-hydrogen) atoms. The Morgan fingerprint density at radius 1 is 1.31 bits per heavy atom. The number of hydrogen-bond donors (Lipinski definition) is 1. The second-order valence-electron chi connectivity index (χ2n) is 3.74. The van der Waals surface area contributed by atoms with Crippen molar-refractivity contribution in [2.75, 3.05) is 0 Å². The molecule has 0 bridgehead atoms. The predicted octanol–water partition coefficient (Wildman–Crippen LogP) is 1.85. The SMILES string of the molecule is NC1=CC2=C(C(F)(F)F)CC(=O)N=C2CC1. The van der Waals surface area contributed by atoms with Crippen LogP contribution in [-0.4, -0.2) is 17.8 Å². The number of alkyl halides is 3. The summed E-state index contributed by atoms with van der Waals surface area (Å²) < 4.78 is 38.0. The second-order valence-corrected chi connectivity index (χ2v) is 3.74. The van der Waals surface area contributed by atoms with Crippen LogP contribution in [0.5, 0.6) is 0 Å². The van der Waals surface area contributed by atoms with E-state index in [2.05, 4.69) is 4.99 Å². The lowest BCUT2D eigenvalue weighted by Crippen LogP contribution is -2.26. The Morgan fingerprint density at radius 2 is 2.00 bits per heavy atom. The number of nitrogens with two attached hydrogens (primary N) is 1. The van der Waals surface area contributed by atoms with Crippen molar-refractivity contribution in [2.24, 2.45) is 10.7 Å². The van der Waals surface area contributed by atoms with Crippen LogP contribution in [0.3, 0.4) is 0 Å². The molecular formula is C10H9F3N2O. The number of aliphatic imine (C=N–C) groups is 1. The zero-order valence-electron chi connectivity index (χ0n) is 8.27. The number of amides is 1. The molecule has 0 aromatic carbocycles. The van der Waals surface area contributed by atoms with Gasteiger partial charge in [0.1, 0.15) is 0 Å². The number of carbonyl (C=O) groups excluding carboxylic acids is 1. The average Bonchev–Trinajstić information content (AvgIpc) is 2.16. The van der Waals surface area contributed by atoms with E-state index < -0.39 is 24.1 Å². The molecule has 0 unspecified atom stereocenters. The first-order valence-electron chi connectivity index (χ1n) is 4.75. The summed E-state index contributed by atoms with van der Waals surface area (Å²) in [4.78, 5) is 14.7. The fourth-order valence-electron chi connectivity index (χ4n) is 1.81. The molecule has 0 aromatic rings. The second kappa shape index (κ2) is 3.47. The van der Waals surface area contributed by atoms with Crippen molar-refractivity contribution in [3.05, 3.63) is 22.9 Å². The summed E-state index contributed by atoms with van der Waals surface area (Å²) in [6.45, 7) is 0. The molecule has 0 saturated heterocycles. The van der Waals surface area contributed by atoms with E-state index in [-0.39, 0.29) is 11.3 Å². The number of halogens is 3. The van der Waals surface area contributed by atoms with Gasteiger partial charge < -0.3 is 5.73 Å². The lowest BCUT2D eigenvalue weighted by atomic mass is 9.89. The minimum atomic E-state index is -4.50. The van der Waals surface area contributed by atoms with Crippen molar-refractivity contribution in [2.45, 2.75) is 25.4 Å². The molecule has 0 atom stereocenters. The van der Waals surface area contributed by atoms with Gasteiger partial charge in [0.2, 0.25) is 5.91 Å². The largest absolute Gasteiger partial charge is 0.413 e. The summed E-state index contributed by atoms with van der Waals surface area (Å²) in [6.07, 6.45) is -3.17. The molecule has 86 valence electrons. The monoisotopic (exact) mass is 230 g/mol. The maximum atomic E-state index is 12.7. The van der Waals surface area contributed by atoms with Crippen molar-refractivity contribution in [3.8, 4) is 0 Å². The maximum absolute atomic E-state index is 12.7. The summed E-state index contributed by atoms with van der Waals surface area (Å²) in [5.74, 6) is -0.736. The zero-order chi connectivity index (χ0) is 11.9. The van der Waals surface area contributed by atoms with Gasteiger partial charge in [0, 0.05) is 11.3 Å². The van der Waals surface area contributed by atoms with Gasteiger partial charge >= 0.3 is 6.18 Å². The Labute approximate surface area is 89.5 Å². The smallest absolute Gasteiger partial charge is 0.402 e. The number of dihydropyridines is 1. The summed E-state index contributed by atoms with van der Waals surface area (Å²) in [7, 11) is 0. The lowest BCUT2D eigenvalue weighted by Gasteiger charge is -2.23. The van der Waals surface area contributed by atoms with Gasteiger partial charge in [0.25, 0.3) is 0 Å². The predicted molar refractivity (Wildman–Crippen MR) is 51.6 cm³/mol. The van der Waals surface area contributed by atoms with Gasteiger partial charge in [-0.1, -0.05) is 0 Å². The molecule has 0 radical (unpaired) electrons. The highest BCUT2D eigenvalue weighted by molar-refractivity contribution is 6.12. The Kier molecular flexibility index (Phi) is 2.36. The summed E-state index contributed by atoms with van der Waals surface area (Å²) in [5.41, 5.74) is 5.26. The molecule has 3 nitrogen and oxygen atoms in total. The van der Waals surface area contributed by atoms with Crippen LogP contribution in [0.25, 0.3) is 0 Å². The van der Waals surface area contributed by atoms with Crippen LogP contribution in [0.2, 0.25) is 0 Å². The van der Waals surface area contributed by atoms with Crippen molar-refractivity contribution >= 4 is 11.6 Å². The van der Waals surface area contributed by atoms with Gasteiger partial charge in [0.05, 0.1) is 17.7 Å². The number of nitrogens with zero attached hydrogens (tertiary/aromatic N) is 1. The van der Waals surface area contributed by atoms with Crippen LogP contribution in [0, 0.1) is 0 Å². The molecule has 1 aliphatic heterocycles. The highest BCUT2D eigenvalue weighted by Gasteiger charge is 2.40. The molecule has 1 heterocycles. The molecule has 0 saturated carbocycles. The van der Waals surface area contributed by atoms with E-state index >= 15 is 0 Å². The summed E-state index contributed by atoms with van der Waals surface area (Å²) in [5, 5.41) is 0. The fraction of sp³-hybridized carbons (Fsp3) is 0.400. The van der Waals surface area contributed by atoms with Gasteiger partial charge in [-0.15, -0.1) is 0 Å². The van der Waals surface area contributed by atoms with Crippen molar-refractivity contribution in [1.82, 2.24) is 0 Å². The van der Waals surface area contributed by atoms with Crippen LogP contribution in [0.15, 0.2) is 27.9 Å². The highest BCUT2D eigenvalue weighted by Crippen LogP contribution is 2.36. The normalized spacial score (nSPS) is 21.6. The average molecular weight is 230 g/mol. The third kappa shape index (κ3) is 1.87. The lowest BCUT2D eigenvalue weighted by molar-refractivity contribution is -0.122. The maximum Gasteiger partial charge on any atom is 0.413 e. The van der Waals surface area contributed by atoms with Crippen LogP contribution in [0.4, 0.5) is 13.2 Å². The molecule has 0 fully saturated rings. The third-order valence-electron chi connectivity index (χ3n) is 2.55. The van der Waals surface area contributed by atoms with Crippen molar-refractivity contribution < 1.29 is 18.0 Å². The third-order valence-corrected chi connectivity index (χ3v) is 2.55. The van der Waals surface area contributed by atoms with E-state index in [4.69, 9.17) is 5.73 Å². The summed E-state index contributed by atoms with van der Waals surface area (Å²) >= 11 is 0. The van der Waals surface area contributed by atoms with E-state index in [1.807, 2.05) is 0 Å². The first-order valence-corrected chi connectivity index (χ1v) is 4.75. The van der Waals surface area contributed by atoms with E-state index in [1.54, 1.807) is 0 Å². The Morgan fingerprint density at radius 3 is 2.62 bits per heavy atom. The number of hydrogen-bond acceptors (Lipinski definition) is 2. The molecule has 1 amide bonds. The van der Waals surface area contributed by atoms with Gasteiger partial charge in [-0.25, -0.2) is 4.99 Å². The zero-order valence-corrected chi connectivity index (χ0v) is 8.27. The molecule has 2 aliphatic rings. The standard InChI is InChI=1S/C10H9F3N2O/c11-10(12,13)7-4-9(16)15-8-2-1-5(14)3-6(7)8/h3H,1-2,4,14H2. The van der Waals surface area contributed by atoms with E-state index in [1.165, 1.54) is 6.08 Å². The minimum Gasteiger partial charge on any atom is -0.402 e. The van der Waals surface area contributed by atoms with Crippen LogP contribution >= 0.6 is 0 Å². The fourth-order valence-corrected chi connectivity index (χ4v) is 1.81. The van der Waals surface area contributed by atoms with E-state index in [0.717, 1.165) is 0 Å². The Bertz CT molecular complexity index is 443. The molecular weight excluding hydrogens is 221 g/mol. The quantitative estimate of drug-likeness (QED) is 0.690. The van der Waals surface area contributed by atoms with Crippen LogP contribution in [0.1, 0.15) is 19.3 Å². The highest BCUT2D eigenvalue weighted by atomic mass is 19.4. The molecule has 0 spiro atoms. The van der Waals surface area contributed by atoms with Crippen LogP contribution < -0.4 is 5.73 Å². The minimum absolute atomic E-state index is 0.0177. The molecule has 0 aromatic heterocycles. The van der Waals surface area contributed by atoms with Crippen molar-refractivity contribution in [1.29, 1.82) is 0 Å². The van der Waals surface area contributed by atoms with Gasteiger partial charge in [-0.3, -0.25) is 4.79 Å². The van der Waals surface area contributed by atoms with Gasteiger partial charge in [0.15, 0.2) is 0 Å². The molecule has 2 N–H and O–H groups in total. The number of fused-ring (bicyclic) bond motifs is 1. The number of carbonyl (C=O) groups is 1. The summed E-state index contributed by atoms with van der Waals surface area (Å²) in [6, 6.07) is 0. The van der Waals surface area contributed by atoms with Crippen molar-refractivity contribution in [3.63, 3.8) is 0 Å². The van der Waals surface area contributed by atoms with Gasteiger partial charge in [-0.2, -0.15) is 13.2 Å². The van der Waals surface area contributed by atoms with Crippen LogP contribution in [-0.2, 0) is 4.79 Å². The molecule has 1 aliphatic carbocycles. The number of allylic oxidation sites excluding steroid dienone is 3. The first kappa shape index (κ1) is 10.9.